The molecule has 5 aromatic rings. The predicted octanol–water partition coefficient (Wildman–Crippen LogP) is 5.77. The molecule has 0 bridgehead atoms. The van der Waals surface area contributed by atoms with Gasteiger partial charge in [-0.25, -0.2) is 9.79 Å². The highest BCUT2D eigenvalue weighted by molar-refractivity contribution is 7.07. The molecule has 0 N–H and O–H groups in total. The standard InChI is InChI=1S/C34H26ClN3O8S/c1-4-45-33(40)29-30(19-8-6-5-7-9-19)36-34-37(31(29)20-10-14-26(43-2)27(16-20)44-3)32(39)28(47-34)18-22-12-15-25(46-22)23-13-11-21(38(41)42)17-24(23)35/h5-18,31H,4H2,1-3H3/b28-18-/t31-/m1/s1. The lowest BCUT2D eigenvalue weighted by Gasteiger charge is -2.26. The fraction of sp³-hybridized carbons (Fsp3) is 0.147. The zero-order valence-corrected chi connectivity index (χ0v) is 26.8. The molecule has 0 fully saturated rings. The molecule has 3 aromatic carbocycles. The van der Waals surface area contributed by atoms with Crippen molar-refractivity contribution in [2.75, 3.05) is 20.8 Å². The highest BCUT2D eigenvalue weighted by Gasteiger charge is 2.35. The fourth-order valence-electron chi connectivity index (χ4n) is 5.30. The Kier molecular flexibility index (Phi) is 8.79. The number of esters is 1. The van der Waals surface area contributed by atoms with Crippen LogP contribution in [-0.4, -0.2) is 36.3 Å². The summed E-state index contributed by atoms with van der Waals surface area (Å²) in [4.78, 5) is 43.7. The summed E-state index contributed by atoms with van der Waals surface area (Å²) in [6.45, 7) is 1.83. The molecule has 1 aliphatic heterocycles. The minimum absolute atomic E-state index is 0.118. The summed E-state index contributed by atoms with van der Waals surface area (Å²) < 4.78 is 24.3. The number of benzene rings is 3. The molecule has 1 aliphatic rings. The maximum absolute atomic E-state index is 14.2. The number of carbonyl (C=O) groups is 1. The number of non-ortho nitro benzene ring substituents is 1. The Hall–Kier alpha value is -5.46. The number of aromatic nitrogens is 1. The fourth-order valence-corrected chi connectivity index (χ4v) is 6.55. The molecule has 0 aliphatic carbocycles. The summed E-state index contributed by atoms with van der Waals surface area (Å²) in [6.07, 6.45) is 1.58. The Morgan fingerprint density at radius 1 is 1.06 bits per heavy atom. The second-order valence-electron chi connectivity index (χ2n) is 10.2. The monoisotopic (exact) mass is 671 g/mol. The van der Waals surface area contributed by atoms with Crippen molar-refractivity contribution in [1.82, 2.24) is 4.57 Å². The number of nitrogens with zero attached hydrogens (tertiary/aromatic N) is 3. The van der Waals surface area contributed by atoms with E-state index in [0.29, 0.717) is 54.7 Å². The van der Waals surface area contributed by atoms with Crippen molar-refractivity contribution < 1.29 is 28.3 Å². The van der Waals surface area contributed by atoms with Crippen LogP contribution in [0.25, 0.3) is 23.1 Å². The lowest BCUT2D eigenvalue weighted by Crippen LogP contribution is -2.40. The minimum atomic E-state index is -0.923. The predicted molar refractivity (Wildman–Crippen MR) is 176 cm³/mol. The number of nitro benzene ring substituents is 1. The zero-order chi connectivity index (χ0) is 33.2. The number of methoxy groups -OCH3 is 2. The van der Waals surface area contributed by atoms with Crippen LogP contribution >= 0.6 is 22.9 Å². The number of thiazole rings is 1. The first-order valence-electron chi connectivity index (χ1n) is 14.3. The molecule has 0 saturated carbocycles. The smallest absolute Gasteiger partial charge is 0.338 e. The Morgan fingerprint density at radius 3 is 2.51 bits per heavy atom. The topological polar surface area (TPSA) is 135 Å². The van der Waals surface area contributed by atoms with E-state index in [1.807, 2.05) is 30.3 Å². The van der Waals surface area contributed by atoms with Crippen LogP contribution in [0, 0.1) is 10.1 Å². The number of halogens is 1. The van der Waals surface area contributed by atoms with Crippen molar-refractivity contribution in [2.45, 2.75) is 13.0 Å². The molecule has 0 saturated heterocycles. The number of rotatable bonds is 9. The van der Waals surface area contributed by atoms with E-state index in [1.54, 1.807) is 43.3 Å². The second kappa shape index (κ2) is 13.1. The van der Waals surface area contributed by atoms with Gasteiger partial charge in [-0.05, 0) is 42.8 Å². The quantitative estimate of drug-likeness (QED) is 0.109. The van der Waals surface area contributed by atoms with E-state index in [2.05, 4.69) is 0 Å². The number of fused-ring (bicyclic) bond motifs is 1. The Bertz CT molecular complexity index is 2240. The number of hydrogen-bond acceptors (Lipinski definition) is 10. The van der Waals surface area contributed by atoms with Gasteiger partial charge in [0, 0.05) is 29.3 Å². The first kappa shape index (κ1) is 31.5. The average molecular weight is 672 g/mol. The number of furan rings is 1. The molecule has 11 nitrogen and oxygen atoms in total. The molecule has 0 amide bonds. The third-order valence-corrected chi connectivity index (χ3v) is 8.72. The van der Waals surface area contributed by atoms with Crippen molar-refractivity contribution in [3.05, 3.63) is 136 Å². The highest BCUT2D eigenvalue weighted by Crippen LogP contribution is 2.38. The molecule has 47 heavy (non-hydrogen) atoms. The van der Waals surface area contributed by atoms with Gasteiger partial charge in [-0.3, -0.25) is 19.5 Å². The van der Waals surface area contributed by atoms with Gasteiger partial charge in [0.15, 0.2) is 16.3 Å². The molecule has 2 aromatic heterocycles. The number of ether oxygens (including phenoxy) is 3. The van der Waals surface area contributed by atoms with Gasteiger partial charge in [-0.1, -0.05) is 59.3 Å². The van der Waals surface area contributed by atoms with E-state index in [9.17, 15) is 19.7 Å². The molecule has 3 heterocycles. The van der Waals surface area contributed by atoms with Gasteiger partial charge >= 0.3 is 5.97 Å². The van der Waals surface area contributed by atoms with Crippen molar-refractivity contribution in [3.8, 4) is 22.8 Å². The van der Waals surface area contributed by atoms with E-state index in [-0.39, 0.29) is 22.9 Å². The van der Waals surface area contributed by atoms with Crippen molar-refractivity contribution in [1.29, 1.82) is 0 Å². The SMILES string of the molecule is CCOC(=O)C1=C(c2ccccc2)N=c2s/c(=C\c3ccc(-c4ccc([N+](=O)[O-])cc4Cl)o3)c(=O)n2[C@@H]1c1ccc(OC)c(OC)c1. The van der Waals surface area contributed by atoms with Gasteiger partial charge in [-0.2, -0.15) is 0 Å². The Balaban J connectivity index is 1.55. The largest absolute Gasteiger partial charge is 0.493 e. The van der Waals surface area contributed by atoms with E-state index < -0.39 is 22.5 Å². The summed E-state index contributed by atoms with van der Waals surface area (Å²) in [5, 5.41) is 11.3. The molecule has 0 spiro atoms. The van der Waals surface area contributed by atoms with Gasteiger partial charge in [-0.15, -0.1) is 0 Å². The normalized spacial score (nSPS) is 14.4. The van der Waals surface area contributed by atoms with Gasteiger partial charge in [0.1, 0.15) is 11.5 Å². The van der Waals surface area contributed by atoms with Gasteiger partial charge in [0.05, 0.1) is 52.6 Å². The molecule has 6 rings (SSSR count). The first-order valence-corrected chi connectivity index (χ1v) is 15.5. The molecule has 0 unspecified atom stereocenters. The summed E-state index contributed by atoms with van der Waals surface area (Å²) in [5.41, 5.74) is 1.73. The molecule has 13 heteroatoms. The molecule has 238 valence electrons. The number of nitro groups is 1. The van der Waals surface area contributed by atoms with Crippen LogP contribution in [-0.2, 0) is 9.53 Å². The van der Waals surface area contributed by atoms with Crippen molar-refractivity contribution in [3.63, 3.8) is 0 Å². The molecule has 1 atom stereocenters. The van der Waals surface area contributed by atoms with E-state index >= 15 is 0 Å². The average Bonchev–Trinajstić information content (AvgIpc) is 3.67. The zero-order valence-electron chi connectivity index (χ0n) is 25.3. The first-order chi connectivity index (χ1) is 22.7. The second-order valence-corrected chi connectivity index (χ2v) is 11.6. The Labute approximate surface area is 276 Å². The van der Waals surface area contributed by atoms with Crippen LogP contribution in [0.3, 0.4) is 0 Å². The van der Waals surface area contributed by atoms with Crippen LogP contribution in [0.1, 0.15) is 29.9 Å². The van der Waals surface area contributed by atoms with Gasteiger partial charge in [0.25, 0.3) is 11.2 Å². The van der Waals surface area contributed by atoms with Crippen molar-refractivity contribution in [2.24, 2.45) is 4.99 Å². The lowest BCUT2D eigenvalue weighted by molar-refractivity contribution is -0.384. The minimum Gasteiger partial charge on any atom is -0.493 e. The Morgan fingerprint density at radius 2 is 1.83 bits per heavy atom. The summed E-state index contributed by atoms with van der Waals surface area (Å²) in [5.74, 6) is 0.995. The van der Waals surface area contributed by atoms with Crippen LogP contribution in [0.2, 0.25) is 5.02 Å². The number of carbonyl (C=O) groups excluding carboxylic acids is 1. The van der Waals surface area contributed by atoms with E-state index in [0.717, 1.165) is 11.3 Å². The molecular formula is C34H26ClN3O8S. The van der Waals surface area contributed by atoms with E-state index in [1.165, 1.54) is 37.0 Å². The van der Waals surface area contributed by atoms with Gasteiger partial charge in [0.2, 0.25) is 0 Å². The van der Waals surface area contributed by atoms with Crippen LogP contribution in [0.15, 0.2) is 98.6 Å². The highest BCUT2D eigenvalue weighted by atomic mass is 35.5. The maximum Gasteiger partial charge on any atom is 0.338 e. The van der Waals surface area contributed by atoms with Crippen LogP contribution < -0.4 is 24.4 Å². The summed E-state index contributed by atoms with van der Waals surface area (Å²) in [6, 6.07) is 20.9. The van der Waals surface area contributed by atoms with Crippen LogP contribution in [0.4, 0.5) is 5.69 Å². The maximum atomic E-state index is 14.2. The number of hydrogen-bond donors (Lipinski definition) is 0. The summed E-state index contributed by atoms with van der Waals surface area (Å²) in [7, 11) is 3.03. The summed E-state index contributed by atoms with van der Waals surface area (Å²) >= 11 is 7.45. The van der Waals surface area contributed by atoms with Crippen LogP contribution in [0.5, 0.6) is 11.5 Å². The molecule has 0 radical (unpaired) electrons. The lowest BCUT2D eigenvalue weighted by atomic mass is 9.93. The van der Waals surface area contributed by atoms with Crippen molar-refractivity contribution >= 4 is 46.4 Å². The third kappa shape index (κ3) is 5.96. The van der Waals surface area contributed by atoms with E-state index in [4.69, 9.17) is 35.2 Å². The van der Waals surface area contributed by atoms with Gasteiger partial charge < -0.3 is 18.6 Å². The molecular weight excluding hydrogens is 646 g/mol. The third-order valence-electron chi connectivity index (χ3n) is 7.43.